The highest BCUT2D eigenvalue weighted by Crippen LogP contribution is 2.20. The van der Waals surface area contributed by atoms with Gasteiger partial charge in [0.05, 0.1) is 7.11 Å². The van der Waals surface area contributed by atoms with Gasteiger partial charge in [-0.1, -0.05) is 0 Å². The predicted octanol–water partition coefficient (Wildman–Crippen LogP) is -0.166. The summed E-state index contributed by atoms with van der Waals surface area (Å²) in [4.78, 5) is 27.7. The number of methoxy groups -OCH3 is 1. The molecule has 6 heteroatoms. The van der Waals surface area contributed by atoms with E-state index < -0.39 is 6.04 Å². The highest BCUT2D eigenvalue weighted by molar-refractivity contribution is 5.83. The standard InChI is InChI=1S/C14H25N3O3/c1-11(18)15-13(14(19)20-2)10-16-8-5-12(9-16)17-6-3-4-7-17/h12-13H,3-10H2,1-2H3,(H,15,18). The van der Waals surface area contributed by atoms with Crippen LogP contribution >= 0.6 is 0 Å². The second kappa shape index (κ2) is 7.04. The number of nitrogens with one attached hydrogen (secondary N) is 1. The van der Waals surface area contributed by atoms with Gasteiger partial charge in [-0.25, -0.2) is 4.79 Å². The SMILES string of the molecule is COC(=O)C(CN1CCC(N2CCCC2)C1)NC(C)=O. The zero-order chi connectivity index (χ0) is 14.5. The first-order valence-electron chi connectivity index (χ1n) is 7.41. The molecule has 0 aromatic rings. The maximum atomic E-state index is 11.7. The largest absolute Gasteiger partial charge is 0.467 e. The Labute approximate surface area is 120 Å². The van der Waals surface area contributed by atoms with Gasteiger partial charge in [-0.2, -0.15) is 0 Å². The minimum Gasteiger partial charge on any atom is -0.467 e. The summed E-state index contributed by atoms with van der Waals surface area (Å²) in [5, 5.41) is 2.67. The molecule has 0 bridgehead atoms. The van der Waals surface area contributed by atoms with Crippen molar-refractivity contribution in [1.82, 2.24) is 15.1 Å². The van der Waals surface area contributed by atoms with Crippen LogP contribution in [-0.4, -0.2) is 73.6 Å². The van der Waals surface area contributed by atoms with Gasteiger partial charge in [0.25, 0.3) is 0 Å². The Bertz CT molecular complexity index is 356. The molecule has 2 fully saturated rings. The normalized spacial score (nSPS) is 25.6. The van der Waals surface area contributed by atoms with Crippen LogP contribution < -0.4 is 5.32 Å². The first-order chi connectivity index (χ1) is 9.60. The molecule has 0 spiro atoms. The van der Waals surface area contributed by atoms with E-state index in [9.17, 15) is 9.59 Å². The van der Waals surface area contributed by atoms with Crippen LogP contribution in [-0.2, 0) is 14.3 Å². The maximum Gasteiger partial charge on any atom is 0.329 e. The van der Waals surface area contributed by atoms with E-state index in [0.717, 1.165) is 19.5 Å². The second-order valence-electron chi connectivity index (χ2n) is 5.72. The van der Waals surface area contributed by atoms with Crippen LogP contribution in [0.2, 0.25) is 0 Å². The summed E-state index contributed by atoms with van der Waals surface area (Å²) in [5.41, 5.74) is 0. The van der Waals surface area contributed by atoms with Crippen LogP contribution in [0, 0.1) is 0 Å². The Morgan fingerprint density at radius 1 is 1.30 bits per heavy atom. The van der Waals surface area contributed by atoms with Crippen molar-refractivity contribution in [3.63, 3.8) is 0 Å². The lowest BCUT2D eigenvalue weighted by Gasteiger charge is -2.25. The lowest BCUT2D eigenvalue weighted by atomic mass is 10.2. The highest BCUT2D eigenvalue weighted by Gasteiger charge is 2.32. The minimum atomic E-state index is -0.560. The third kappa shape index (κ3) is 3.93. The van der Waals surface area contributed by atoms with Crippen molar-refractivity contribution in [3.8, 4) is 0 Å². The molecule has 0 saturated carbocycles. The van der Waals surface area contributed by atoms with Crippen molar-refractivity contribution in [1.29, 1.82) is 0 Å². The van der Waals surface area contributed by atoms with Crippen LogP contribution in [0.25, 0.3) is 0 Å². The van der Waals surface area contributed by atoms with E-state index >= 15 is 0 Å². The van der Waals surface area contributed by atoms with Gasteiger partial charge in [0.15, 0.2) is 0 Å². The van der Waals surface area contributed by atoms with E-state index in [1.807, 2.05) is 0 Å². The van der Waals surface area contributed by atoms with Crippen molar-refractivity contribution in [2.45, 2.75) is 38.3 Å². The highest BCUT2D eigenvalue weighted by atomic mass is 16.5. The van der Waals surface area contributed by atoms with Crippen molar-refractivity contribution in [2.75, 3.05) is 39.8 Å². The summed E-state index contributed by atoms with van der Waals surface area (Å²) < 4.78 is 4.76. The lowest BCUT2D eigenvalue weighted by molar-refractivity contribution is -0.145. The first-order valence-corrected chi connectivity index (χ1v) is 7.41. The summed E-state index contributed by atoms with van der Waals surface area (Å²) in [5.74, 6) is -0.569. The molecular weight excluding hydrogens is 258 g/mol. The van der Waals surface area contributed by atoms with E-state index in [2.05, 4.69) is 15.1 Å². The number of hydrogen-bond acceptors (Lipinski definition) is 5. The molecule has 2 rings (SSSR count). The summed E-state index contributed by atoms with van der Waals surface area (Å²) >= 11 is 0. The van der Waals surface area contributed by atoms with Crippen molar-refractivity contribution in [3.05, 3.63) is 0 Å². The lowest BCUT2D eigenvalue weighted by Crippen LogP contribution is -2.48. The molecule has 20 heavy (non-hydrogen) atoms. The van der Waals surface area contributed by atoms with Gasteiger partial charge >= 0.3 is 5.97 Å². The summed E-state index contributed by atoms with van der Waals surface area (Å²) in [6.45, 7) is 6.32. The van der Waals surface area contributed by atoms with Crippen molar-refractivity contribution < 1.29 is 14.3 Å². The molecular formula is C14H25N3O3. The summed E-state index contributed by atoms with van der Waals surface area (Å²) in [7, 11) is 1.36. The molecule has 114 valence electrons. The van der Waals surface area contributed by atoms with Crippen LogP contribution in [0.4, 0.5) is 0 Å². The number of carbonyl (C=O) groups is 2. The third-order valence-corrected chi connectivity index (χ3v) is 4.21. The molecule has 1 amide bonds. The van der Waals surface area contributed by atoms with E-state index in [-0.39, 0.29) is 11.9 Å². The molecule has 2 saturated heterocycles. The maximum absolute atomic E-state index is 11.7. The Kier molecular flexibility index (Phi) is 5.37. The smallest absolute Gasteiger partial charge is 0.329 e. The van der Waals surface area contributed by atoms with Crippen LogP contribution in [0.15, 0.2) is 0 Å². The predicted molar refractivity (Wildman–Crippen MR) is 75.3 cm³/mol. The Morgan fingerprint density at radius 2 is 2.00 bits per heavy atom. The summed E-state index contributed by atoms with van der Waals surface area (Å²) in [6, 6.07) is 0.0444. The molecule has 6 nitrogen and oxygen atoms in total. The van der Waals surface area contributed by atoms with Crippen molar-refractivity contribution in [2.24, 2.45) is 0 Å². The molecule has 2 aliphatic heterocycles. The number of carbonyl (C=O) groups excluding carboxylic acids is 2. The fraction of sp³-hybridized carbons (Fsp3) is 0.857. The fourth-order valence-corrected chi connectivity index (χ4v) is 3.21. The number of likely N-dealkylation sites (tertiary alicyclic amines) is 2. The number of nitrogens with zero attached hydrogens (tertiary/aromatic N) is 2. The number of rotatable bonds is 5. The summed E-state index contributed by atoms with van der Waals surface area (Å²) in [6.07, 6.45) is 3.74. The Morgan fingerprint density at radius 3 is 2.60 bits per heavy atom. The molecule has 2 aliphatic rings. The number of esters is 1. The number of amides is 1. The van der Waals surface area contributed by atoms with Gasteiger partial charge < -0.3 is 10.1 Å². The molecule has 0 radical (unpaired) electrons. The molecule has 0 aromatic carbocycles. The topological polar surface area (TPSA) is 61.9 Å². The van der Waals surface area contributed by atoms with E-state index in [4.69, 9.17) is 4.74 Å². The van der Waals surface area contributed by atoms with Crippen LogP contribution in [0.5, 0.6) is 0 Å². The van der Waals surface area contributed by atoms with Crippen molar-refractivity contribution >= 4 is 11.9 Å². The van der Waals surface area contributed by atoms with Gasteiger partial charge in [0, 0.05) is 26.1 Å². The van der Waals surface area contributed by atoms with Gasteiger partial charge in [-0.05, 0) is 38.9 Å². The van der Waals surface area contributed by atoms with Gasteiger partial charge in [-0.15, -0.1) is 0 Å². The average Bonchev–Trinajstić information content (AvgIpc) is 3.06. The van der Waals surface area contributed by atoms with E-state index in [1.165, 1.54) is 40.0 Å². The quantitative estimate of drug-likeness (QED) is 0.710. The Balaban J connectivity index is 1.84. The molecule has 2 heterocycles. The Hall–Kier alpha value is -1.14. The van der Waals surface area contributed by atoms with Gasteiger partial charge in [0.2, 0.25) is 5.91 Å². The van der Waals surface area contributed by atoms with Crippen LogP contribution in [0.3, 0.4) is 0 Å². The molecule has 0 aliphatic carbocycles. The molecule has 1 N–H and O–H groups in total. The first kappa shape index (κ1) is 15.3. The van der Waals surface area contributed by atoms with Gasteiger partial charge in [0.1, 0.15) is 6.04 Å². The number of ether oxygens (including phenoxy) is 1. The fourth-order valence-electron chi connectivity index (χ4n) is 3.21. The van der Waals surface area contributed by atoms with E-state index in [0.29, 0.717) is 12.6 Å². The monoisotopic (exact) mass is 283 g/mol. The molecule has 0 aromatic heterocycles. The van der Waals surface area contributed by atoms with E-state index in [1.54, 1.807) is 0 Å². The molecule has 2 unspecified atom stereocenters. The average molecular weight is 283 g/mol. The molecule has 2 atom stereocenters. The minimum absolute atomic E-state index is 0.198. The van der Waals surface area contributed by atoms with Crippen LogP contribution in [0.1, 0.15) is 26.2 Å². The zero-order valence-electron chi connectivity index (χ0n) is 12.4. The zero-order valence-corrected chi connectivity index (χ0v) is 12.4. The third-order valence-electron chi connectivity index (χ3n) is 4.21. The second-order valence-corrected chi connectivity index (χ2v) is 5.72. The van der Waals surface area contributed by atoms with Gasteiger partial charge in [-0.3, -0.25) is 14.6 Å². The number of hydrogen-bond donors (Lipinski definition) is 1.